The zero-order chi connectivity index (χ0) is 12.5. The maximum atomic E-state index is 10.1. The van der Waals surface area contributed by atoms with Crippen molar-refractivity contribution in [2.75, 3.05) is 0 Å². The van der Waals surface area contributed by atoms with Crippen LogP contribution in [0.25, 0.3) is 0 Å². The zero-order valence-corrected chi connectivity index (χ0v) is 11.2. The third kappa shape index (κ3) is 5.88. The number of hydrogen-bond donors (Lipinski definition) is 1. The van der Waals surface area contributed by atoms with E-state index in [1.54, 1.807) is 0 Å². The van der Waals surface area contributed by atoms with Crippen molar-refractivity contribution in [3.05, 3.63) is 35.9 Å². The summed E-state index contributed by atoms with van der Waals surface area (Å²) in [6.07, 6.45) is 6.56. The normalized spacial score (nSPS) is 14.5. The minimum Gasteiger partial charge on any atom is -0.393 e. The van der Waals surface area contributed by atoms with E-state index in [9.17, 15) is 5.11 Å². The van der Waals surface area contributed by atoms with Crippen molar-refractivity contribution in [3.63, 3.8) is 0 Å². The van der Waals surface area contributed by atoms with Gasteiger partial charge in [-0.1, -0.05) is 69.9 Å². The topological polar surface area (TPSA) is 20.2 Å². The molecule has 0 fully saturated rings. The number of aliphatic hydroxyl groups is 1. The van der Waals surface area contributed by atoms with Crippen LogP contribution in [-0.2, 0) is 6.42 Å². The third-order valence-corrected chi connectivity index (χ3v) is 3.46. The number of rotatable bonds is 8. The Morgan fingerprint density at radius 2 is 1.82 bits per heavy atom. The highest BCUT2D eigenvalue weighted by molar-refractivity contribution is 5.15. The van der Waals surface area contributed by atoms with Gasteiger partial charge in [-0.3, -0.25) is 0 Å². The molecular weight excluding hydrogens is 208 g/mol. The molecule has 0 radical (unpaired) electrons. The maximum absolute atomic E-state index is 10.1. The van der Waals surface area contributed by atoms with E-state index in [1.807, 2.05) is 18.2 Å². The molecule has 1 aromatic rings. The average molecular weight is 234 g/mol. The van der Waals surface area contributed by atoms with Gasteiger partial charge in [0.1, 0.15) is 0 Å². The molecule has 0 saturated heterocycles. The summed E-state index contributed by atoms with van der Waals surface area (Å²) in [6.45, 7) is 4.46. The van der Waals surface area contributed by atoms with Gasteiger partial charge in [0.15, 0.2) is 0 Å². The van der Waals surface area contributed by atoms with Crippen LogP contribution in [0, 0.1) is 5.92 Å². The smallest absolute Gasteiger partial charge is 0.0583 e. The van der Waals surface area contributed by atoms with Crippen molar-refractivity contribution in [3.8, 4) is 0 Å². The van der Waals surface area contributed by atoms with E-state index in [-0.39, 0.29) is 6.10 Å². The van der Waals surface area contributed by atoms with E-state index in [0.29, 0.717) is 5.92 Å². The van der Waals surface area contributed by atoms with E-state index in [0.717, 1.165) is 12.8 Å². The van der Waals surface area contributed by atoms with Crippen LogP contribution in [0.15, 0.2) is 30.3 Å². The Balaban J connectivity index is 2.34. The number of unbranched alkanes of at least 4 members (excludes halogenated alkanes) is 1. The second-order valence-electron chi connectivity index (χ2n) is 5.00. The molecule has 1 N–H and O–H groups in total. The van der Waals surface area contributed by atoms with Gasteiger partial charge in [0, 0.05) is 0 Å². The lowest BCUT2D eigenvalue weighted by molar-refractivity contribution is 0.137. The molecule has 1 nitrogen and oxygen atoms in total. The number of aliphatic hydroxyl groups excluding tert-OH is 1. The lowest BCUT2D eigenvalue weighted by atomic mass is 9.91. The Kier molecular flexibility index (Phi) is 6.95. The third-order valence-electron chi connectivity index (χ3n) is 3.46. The Bertz CT molecular complexity index is 281. The summed E-state index contributed by atoms with van der Waals surface area (Å²) in [5.41, 5.74) is 1.24. The largest absolute Gasteiger partial charge is 0.393 e. The molecule has 17 heavy (non-hydrogen) atoms. The lowest BCUT2D eigenvalue weighted by Gasteiger charge is -2.18. The van der Waals surface area contributed by atoms with Crippen molar-refractivity contribution in [2.45, 2.75) is 58.5 Å². The van der Waals surface area contributed by atoms with Gasteiger partial charge in [-0.05, 0) is 24.3 Å². The highest BCUT2D eigenvalue weighted by Gasteiger charge is 2.13. The van der Waals surface area contributed by atoms with E-state index < -0.39 is 0 Å². The summed E-state index contributed by atoms with van der Waals surface area (Å²) in [7, 11) is 0. The van der Waals surface area contributed by atoms with Crippen molar-refractivity contribution in [1.82, 2.24) is 0 Å². The van der Waals surface area contributed by atoms with Gasteiger partial charge in [-0.25, -0.2) is 0 Å². The molecular formula is C16H26O. The minimum absolute atomic E-state index is 0.181. The summed E-state index contributed by atoms with van der Waals surface area (Å²) in [5, 5.41) is 10.1. The van der Waals surface area contributed by atoms with E-state index in [4.69, 9.17) is 0 Å². The summed E-state index contributed by atoms with van der Waals surface area (Å²) >= 11 is 0. The second-order valence-corrected chi connectivity index (χ2v) is 5.00. The first-order valence-electron chi connectivity index (χ1n) is 6.98. The molecule has 96 valence electrons. The van der Waals surface area contributed by atoms with Crippen LogP contribution in [0.4, 0.5) is 0 Å². The minimum atomic E-state index is -0.181. The zero-order valence-electron chi connectivity index (χ0n) is 11.2. The van der Waals surface area contributed by atoms with Crippen LogP contribution < -0.4 is 0 Å². The SMILES string of the molecule is CCCCC(CC)CC(O)Cc1ccccc1. The maximum Gasteiger partial charge on any atom is 0.0583 e. The molecule has 0 saturated carbocycles. The van der Waals surface area contributed by atoms with Crippen molar-refractivity contribution >= 4 is 0 Å². The highest BCUT2D eigenvalue weighted by atomic mass is 16.3. The number of hydrogen-bond acceptors (Lipinski definition) is 1. The van der Waals surface area contributed by atoms with Gasteiger partial charge in [0.05, 0.1) is 6.10 Å². The van der Waals surface area contributed by atoms with Crippen molar-refractivity contribution in [1.29, 1.82) is 0 Å². The fourth-order valence-electron chi connectivity index (χ4n) is 2.34. The van der Waals surface area contributed by atoms with E-state index >= 15 is 0 Å². The molecule has 0 aromatic heterocycles. The lowest BCUT2D eigenvalue weighted by Crippen LogP contribution is -2.16. The van der Waals surface area contributed by atoms with Crippen LogP contribution in [0.2, 0.25) is 0 Å². The molecule has 0 bridgehead atoms. The van der Waals surface area contributed by atoms with Crippen LogP contribution >= 0.6 is 0 Å². The van der Waals surface area contributed by atoms with Gasteiger partial charge in [-0.2, -0.15) is 0 Å². The van der Waals surface area contributed by atoms with Gasteiger partial charge in [0.25, 0.3) is 0 Å². The molecule has 0 heterocycles. The summed E-state index contributed by atoms with van der Waals surface area (Å²) < 4.78 is 0. The van der Waals surface area contributed by atoms with Crippen LogP contribution in [0.5, 0.6) is 0 Å². The molecule has 1 aromatic carbocycles. The predicted octanol–water partition coefficient (Wildman–Crippen LogP) is 4.20. The van der Waals surface area contributed by atoms with Gasteiger partial charge < -0.3 is 5.11 Å². The summed E-state index contributed by atoms with van der Waals surface area (Å²) in [5.74, 6) is 0.689. The Morgan fingerprint density at radius 3 is 2.41 bits per heavy atom. The van der Waals surface area contributed by atoms with Gasteiger partial charge >= 0.3 is 0 Å². The van der Waals surface area contributed by atoms with Crippen LogP contribution in [0.1, 0.15) is 51.5 Å². The fraction of sp³-hybridized carbons (Fsp3) is 0.625. The van der Waals surface area contributed by atoms with Crippen LogP contribution in [0.3, 0.4) is 0 Å². The molecule has 1 rings (SSSR count). The number of benzene rings is 1. The first-order chi connectivity index (χ1) is 8.26. The van der Waals surface area contributed by atoms with E-state index in [1.165, 1.54) is 31.2 Å². The Hall–Kier alpha value is -0.820. The van der Waals surface area contributed by atoms with Gasteiger partial charge in [0.2, 0.25) is 0 Å². The molecule has 1 heteroatoms. The van der Waals surface area contributed by atoms with Crippen LogP contribution in [-0.4, -0.2) is 11.2 Å². The second kappa shape index (κ2) is 8.30. The Labute approximate surface area is 106 Å². The molecule has 0 amide bonds. The first-order valence-corrected chi connectivity index (χ1v) is 6.98. The molecule has 0 aliphatic carbocycles. The molecule has 0 aliphatic heterocycles. The highest BCUT2D eigenvalue weighted by Crippen LogP contribution is 2.20. The molecule has 0 spiro atoms. The van der Waals surface area contributed by atoms with E-state index in [2.05, 4.69) is 26.0 Å². The molecule has 2 unspecified atom stereocenters. The molecule has 2 atom stereocenters. The van der Waals surface area contributed by atoms with Crippen molar-refractivity contribution in [2.24, 2.45) is 5.92 Å². The standard InChI is InChI=1S/C16H26O/c1-3-5-9-14(4-2)12-16(17)13-15-10-7-6-8-11-15/h6-8,10-11,14,16-17H,3-5,9,12-13H2,1-2H3. The first kappa shape index (κ1) is 14.2. The van der Waals surface area contributed by atoms with Crippen molar-refractivity contribution < 1.29 is 5.11 Å². The Morgan fingerprint density at radius 1 is 1.12 bits per heavy atom. The summed E-state index contributed by atoms with van der Waals surface area (Å²) in [4.78, 5) is 0. The fourth-order valence-corrected chi connectivity index (χ4v) is 2.34. The quantitative estimate of drug-likeness (QED) is 0.715. The molecule has 0 aliphatic rings. The predicted molar refractivity (Wildman–Crippen MR) is 74.1 cm³/mol. The average Bonchev–Trinajstić information content (AvgIpc) is 2.35. The summed E-state index contributed by atoms with van der Waals surface area (Å²) in [6, 6.07) is 10.3. The van der Waals surface area contributed by atoms with Gasteiger partial charge in [-0.15, -0.1) is 0 Å². The monoisotopic (exact) mass is 234 g/mol.